The Hall–Kier alpha value is -0.380. The van der Waals surface area contributed by atoms with E-state index in [0.29, 0.717) is 12.0 Å². The van der Waals surface area contributed by atoms with Crippen LogP contribution in [0.3, 0.4) is 0 Å². The molecule has 0 spiro atoms. The van der Waals surface area contributed by atoms with Gasteiger partial charge in [0.2, 0.25) is 0 Å². The van der Waals surface area contributed by atoms with Crippen molar-refractivity contribution in [1.29, 1.82) is 0 Å². The first-order chi connectivity index (χ1) is 8.68. The average Bonchev–Trinajstić information content (AvgIpc) is 2.83. The van der Waals surface area contributed by atoms with Gasteiger partial charge in [0.25, 0.3) is 0 Å². The van der Waals surface area contributed by atoms with E-state index in [9.17, 15) is 0 Å². The van der Waals surface area contributed by atoms with Crippen molar-refractivity contribution in [1.82, 2.24) is 10.2 Å². The molecule has 2 atom stereocenters. The first-order valence-corrected chi connectivity index (χ1v) is 8.01. The maximum Gasteiger partial charge on any atom is 0.0461 e. The van der Waals surface area contributed by atoms with E-state index < -0.39 is 0 Å². The van der Waals surface area contributed by atoms with Crippen molar-refractivity contribution in [3.63, 3.8) is 0 Å². The molecule has 1 aliphatic rings. The minimum atomic E-state index is 0.576. The maximum atomic E-state index is 3.52. The summed E-state index contributed by atoms with van der Waals surface area (Å²) in [6.07, 6.45) is 2.72. The second kappa shape index (κ2) is 6.69. The molecule has 1 N–H and O–H groups in total. The van der Waals surface area contributed by atoms with Crippen LogP contribution in [0.5, 0.6) is 0 Å². The quantitative estimate of drug-likeness (QED) is 0.879. The van der Waals surface area contributed by atoms with Crippen LogP contribution in [0.4, 0.5) is 0 Å². The second-order valence-electron chi connectivity index (χ2n) is 5.86. The molecule has 1 aromatic rings. The third kappa shape index (κ3) is 3.56. The van der Waals surface area contributed by atoms with Crippen molar-refractivity contribution in [3.8, 4) is 0 Å². The summed E-state index contributed by atoms with van der Waals surface area (Å²) < 4.78 is 0. The van der Waals surface area contributed by atoms with Gasteiger partial charge in [0.15, 0.2) is 0 Å². The summed E-state index contributed by atoms with van der Waals surface area (Å²) in [5, 5.41) is 5.71. The molecule has 2 rings (SSSR count). The third-order valence-corrected chi connectivity index (χ3v) is 4.83. The van der Waals surface area contributed by atoms with E-state index in [1.54, 1.807) is 0 Å². The normalized spacial score (nSPS) is 22.6. The SMILES string of the molecule is CC(C)C(c1cccs1)N(C)CC1CCCNC1. The molecule has 1 aliphatic heterocycles. The lowest BCUT2D eigenvalue weighted by Gasteiger charge is -2.34. The van der Waals surface area contributed by atoms with E-state index in [4.69, 9.17) is 0 Å². The van der Waals surface area contributed by atoms with Gasteiger partial charge in [-0.05, 0) is 56.3 Å². The number of nitrogens with one attached hydrogen (secondary N) is 1. The van der Waals surface area contributed by atoms with E-state index >= 15 is 0 Å². The van der Waals surface area contributed by atoms with E-state index in [1.807, 2.05) is 11.3 Å². The van der Waals surface area contributed by atoms with E-state index in [2.05, 4.69) is 48.6 Å². The lowest BCUT2D eigenvalue weighted by molar-refractivity contribution is 0.157. The van der Waals surface area contributed by atoms with Gasteiger partial charge in [-0.1, -0.05) is 19.9 Å². The van der Waals surface area contributed by atoms with Crippen LogP contribution in [0.25, 0.3) is 0 Å². The predicted molar refractivity (Wildman–Crippen MR) is 80.1 cm³/mol. The third-order valence-electron chi connectivity index (χ3n) is 3.89. The topological polar surface area (TPSA) is 15.3 Å². The number of hydrogen-bond acceptors (Lipinski definition) is 3. The minimum Gasteiger partial charge on any atom is -0.316 e. The van der Waals surface area contributed by atoms with Crippen LogP contribution in [0.15, 0.2) is 17.5 Å². The molecule has 0 amide bonds. The van der Waals surface area contributed by atoms with E-state index in [-0.39, 0.29) is 0 Å². The lowest BCUT2D eigenvalue weighted by atomic mass is 9.96. The molecule has 3 heteroatoms. The van der Waals surface area contributed by atoms with Gasteiger partial charge < -0.3 is 5.32 Å². The van der Waals surface area contributed by atoms with Gasteiger partial charge in [0, 0.05) is 17.5 Å². The summed E-state index contributed by atoms with van der Waals surface area (Å²) >= 11 is 1.89. The van der Waals surface area contributed by atoms with Gasteiger partial charge >= 0.3 is 0 Å². The van der Waals surface area contributed by atoms with Crippen molar-refractivity contribution in [3.05, 3.63) is 22.4 Å². The zero-order valence-corrected chi connectivity index (χ0v) is 12.7. The number of piperidine rings is 1. The maximum absolute atomic E-state index is 3.52. The fourth-order valence-corrected chi connectivity index (χ4v) is 4.18. The Morgan fingerprint density at radius 1 is 1.50 bits per heavy atom. The van der Waals surface area contributed by atoms with Crippen LogP contribution in [0, 0.1) is 11.8 Å². The van der Waals surface area contributed by atoms with Gasteiger partial charge in [0.1, 0.15) is 0 Å². The summed E-state index contributed by atoms with van der Waals surface area (Å²) in [4.78, 5) is 4.07. The average molecular weight is 266 g/mol. The fraction of sp³-hybridized carbons (Fsp3) is 0.733. The highest BCUT2D eigenvalue weighted by molar-refractivity contribution is 7.10. The van der Waals surface area contributed by atoms with Crippen LogP contribution in [0.1, 0.15) is 37.6 Å². The Morgan fingerprint density at radius 2 is 2.33 bits per heavy atom. The van der Waals surface area contributed by atoms with Gasteiger partial charge in [-0.15, -0.1) is 11.3 Å². The number of thiophene rings is 1. The first-order valence-electron chi connectivity index (χ1n) is 7.13. The van der Waals surface area contributed by atoms with Crippen molar-refractivity contribution in [2.75, 3.05) is 26.7 Å². The van der Waals surface area contributed by atoms with Crippen LogP contribution in [-0.4, -0.2) is 31.6 Å². The molecule has 0 aliphatic carbocycles. The Balaban J connectivity index is 1.97. The second-order valence-corrected chi connectivity index (χ2v) is 6.84. The molecule has 102 valence electrons. The van der Waals surface area contributed by atoms with Gasteiger partial charge in [-0.25, -0.2) is 0 Å². The van der Waals surface area contributed by atoms with Crippen molar-refractivity contribution < 1.29 is 0 Å². The molecular formula is C15H26N2S. The van der Waals surface area contributed by atoms with Crippen LogP contribution in [-0.2, 0) is 0 Å². The summed E-state index contributed by atoms with van der Waals surface area (Å²) in [6, 6.07) is 5.03. The number of rotatable bonds is 5. The number of nitrogens with zero attached hydrogens (tertiary/aromatic N) is 1. The fourth-order valence-electron chi connectivity index (χ4n) is 3.11. The molecule has 0 saturated carbocycles. The Labute approximate surface area is 115 Å². The predicted octanol–water partition coefficient (Wildman–Crippen LogP) is 3.38. The minimum absolute atomic E-state index is 0.576. The highest BCUT2D eigenvalue weighted by Crippen LogP contribution is 2.31. The largest absolute Gasteiger partial charge is 0.316 e. The monoisotopic (exact) mass is 266 g/mol. The molecule has 2 unspecified atom stereocenters. The van der Waals surface area contributed by atoms with Crippen molar-refractivity contribution >= 4 is 11.3 Å². The molecule has 18 heavy (non-hydrogen) atoms. The summed E-state index contributed by atoms with van der Waals surface area (Å²) in [5.41, 5.74) is 0. The van der Waals surface area contributed by atoms with Gasteiger partial charge in [0.05, 0.1) is 0 Å². The Kier molecular flexibility index (Phi) is 5.22. The molecule has 0 aromatic carbocycles. The molecule has 1 fully saturated rings. The number of hydrogen-bond donors (Lipinski definition) is 1. The van der Waals surface area contributed by atoms with Crippen LogP contribution in [0.2, 0.25) is 0 Å². The van der Waals surface area contributed by atoms with E-state index in [0.717, 1.165) is 5.92 Å². The van der Waals surface area contributed by atoms with Crippen LogP contribution >= 0.6 is 11.3 Å². The van der Waals surface area contributed by atoms with Crippen molar-refractivity contribution in [2.24, 2.45) is 11.8 Å². The first kappa shape index (κ1) is 14.0. The van der Waals surface area contributed by atoms with Gasteiger partial charge in [-0.2, -0.15) is 0 Å². The Bertz CT molecular complexity index is 328. The molecule has 0 bridgehead atoms. The molecule has 2 heterocycles. The highest BCUT2D eigenvalue weighted by Gasteiger charge is 2.24. The summed E-state index contributed by atoms with van der Waals surface area (Å²) in [5.74, 6) is 1.50. The highest BCUT2D eigenvalue weighted by atomic mass is 32.1. The molecule has 0 radical (unpaired) electrons. The van der Waals surface area contributed by atoms with Crippen LogP contribution < -0.4 is 5.32 Å². The smallest absolute Gasteiger partial charge is 0.0461 e. The molecule has 1 saturated heterocycles. The van der Waals surface area contributed by atoms with E-state index in [1.165, 1.54) is 37.4 Å². The summed E-state index contributed by atoms with van der Waals surface area (Å²) in [6.45, 7) is 8.28. The van der Waals surface area contributed by atoms with Crippen molar-refractivity contribution in [2.45, 2.75) is 32.7 Å². The Morgan fingerprint density at radius 3 is 2.89 bits per heavy atom. The standard InChI is InChI=1S/C15H26N2S/c1-12(2)15(14-7-5-9-18-14)17(3)11-13-6-4-8-16-10-13/h5,7,9,12-13,15-16H,4,6,8,10-11H2,1-3H3. The molecular weight excluding hydrogens is 240 g/mol. The molecule has 2 nitrogen and oxygen atoms in total. The van der Waals surface area contributed by atoms with Gasteiger partial charge in [-0.3, -0.25) is 4.90 Å². The lowest BCUT2D eigenvalue weighted by Crippen LogP contribution is -2.39. The zero-order valence-electron chi connectivity index (χ0n) is 11.9. The zero-order chi connectivity index (χ0) is 13.0. The molecule has 1 aromatic heterocycles. The summed E-state index contributed by atoms with van der Waals surface area (Å²) in [7, 11) is 2.29.